The quantitative estimate of drug-likeness (QED) is 0.300. The molecule has 2 heterocycles. The Hall–Kier alpha value is -4.08. The molecule has 0 bridgehead atoms. The molecule has 2 fully saturated rings. The molecule has 1 saturated heterocycles. The van der Waals surface area contributed by atoms with Crippen LogP contribution in [0, 0.1) is 0 Å². The van der Waals surface area contributed by atoms with Crippen LogP contribution in [0.1, 0.15) is 94.2 Å². The second kappa shape index (κ2) is 12.8. The van der Waals surface area contributed by atoms with Gasteiger partial charge in [-0.05, 0) is 88.8 Å². The number of aromatic nitrogens is 2. The number of nitrogens with one attached hydrogen (secondary N) is 3. The van der Waals surface area contributed by atoms with Crippen molar-refractivity contribution < 1.29 is 23.9 Å². The van der Waals surface area contributed by atoms with E-state index in [0.717, 1.165) is 49.4 Å². The number of carbonyl (C=O) groups excluding carboxylic acids is 3. The molecule has 0 spiro atoms. The van der Waals surface area contributed by atoms with Gasteiger partial charge in [-0.2, -0.15) is 5.10 Å². The minimum absolute atomic E-state index is 0.145. The van der Waals surface area contributed by atoms with Crippen LogP contribution in [0.5, 0.6) is 0 Å². The van der Waals surface area contributed by atoms with Crippen LogP contribution in [-0.2, 0) is 9.47 Å². The van der Waals surface area contributed by atoms with E-state index in [4.69, 9.17) is 9.47 Å². The van der Waals surface area contributed by atoms with Gasteiger partial charge in [-0.1, -0.05) is 31.4 Å². The van der Waals surface area contributed by atoms with E-state index in [1.54, 1.807) is 41.4 Å². The Labute approximate surface area is 246 Å². The molecule has 2 aliphatic rings. The van der Waals surface area contributed by atoms with Crippen LogP contribution in [0.4, 0.5) is 15.3 Å². The Morgan fingerprint density at radius 2 is 1.79 bits per heavy atom. The van der Waals surface area contributed by atoms with Crippen LogP contribution in [0.15, 0.2) is 48.7 Å². The zero-order valence-electron chi connectivity index (χ0n) is 24.7. The van der Waals surface area contributed by atoms with Crippen molar-refractivity contribution in [1.82, 2.24) is 20.4 Å². The van der Waals surface area contributed by atoms with Crippen molar-refractivity contribution in [2.75, 3.05) is 11.9 Å². The van der Waals surface area contributed by atoms with Gasteiger partial charge in [-0.3, -0.25) is 15.2 Å². The summed E-state index contributed by atoms with van der Waals surface area (Å²) in [5, 5.41) is 13.8. The number of nitrogens with zero attached hydrogens (tertiary/aromatic N) is 2. The molecule has 1 aliphatic carbocycles. The minimum Gasteiger partial charge on any atom is -0.444 e. The second-order valence-electron chi connectivity index (χ2n) is 12.3. The van der Waals surface area contributed by atoms with Crippen LogP contribution >= 0.6 is 0 Å². The summed E-state index contributed by atoms with van der Waals surface area (Å²) in [7, 11) is 0. The molecule has 2 aromatic carbocycles. The lowest BCUT2D eigenvalue weighted by atomic mass is 9.92. The number of H-pyrrole nitrogens is 1. The van der Waals surface area contributed by atoms with E-state index in [1.807, 2.05) is 32.9 Å². The number of anilines is 1. The van der Waals surface area contributed by atoms with Gasteiger partial charge in [0.1, 0.15) is 11.7 Å². The standard InChI is InChI=1S/C32H41N5O5/c1-32(2,3)42-31(40)37-17-8-7-14-27(37)28(41-30(39)35-25-15-16-26-23(19-25)20-33-36-26)21-10-9-11-22(18-21)29(38)34-24-12-5-4-6-13-24/h9-11,15-16,18-20,24,27-28H,4-8,12-14,17H2,1-3H3,(H,33,36)(H,34,38)(H,35,39)/t27-,28-/m0/s1. The Morgan fingerprint density at radius 3 is 2.57 bits per heavy atom. The Balaban J connectivity index is 1.41. The third-order valence-corrected chi connectivity index (χ3v) is 7.87. The molecular formula is C32H41N5O5. The highest BCUT2D eigenvalue weighted by molar-refractivity contribution is 5.94. The fourth-order valence-electron chi connectivity index (χ4n) is 5.84. The van der Waals surface area contributed by atoms with E-state index in [9.17, 15) is 14.4 Å². The lowest BCUT2D eigenvalue weighted by Gasteiger charge is -2.40. The van der Waals surface area contributed by atoms with Crippen LogP contribution in [0.3, 0.4) is 0 Å². The van der Waals surface area contributed by atoms with Gasteiger partial charge in [0, 0.05) is 29.2 Å². The maximum absolute atomic E-state index is 13.3. The molecule has 10 heteroatoms. The molecule has 3 N–H and O–H groups in total. The molecular weight excluding hydrogens is 534 g/mol. The van der Waals surface area contributed by atoms with Gasteiger partial charge in [-0.25, -0.2) is 9.59 Å². The fraction of sp³-hybridized carbons (Fsp3) is 0.500. The number of aromatic amines is 1. The molecule has 0 unspecified atom stereocenters. The minimum atomic E-state index is -0.821. The van der Waals surface area contributed by atoms with Gasteiger partial charge in [-0.15, -0.1) is 0 Å². The summed E-state index contributed by atoms with van der Waals surface area (Å²) < 4.78 is 11.8. The van der Waals surface area contributed by atoms with Crippen molar-refractivity contribution in [3.8, 4) is 0 Å². The maximum atomic E-state index is 13.3. The average molecular weight is 576 g/mol. The topological polar surface area (TPSA) is 126 Å². The van der Waals surface area contributed by atoms with Gasteiger partial charge in [0.15, 0.2) is 0 Å². The molecule has 1 aliphatic heterocycles. The zero-order valence-corrected chi connectivity index (χ0v) is 24.7. The molecule has 2 atom stereocenters. The summed E-state index contributed by atoms with van der Waals surface area (Å²) in [6.07, 6.45) is 7.46. The van der Waals surface area contributed by atoms with Gasteiger partial charge in [0.25, 0.3) is 5.91 Å². The number of ether oxygens (including phenoxy) is 2. The fourth-order valence-corrected chi connectivity index (χ4v) is 5.84. The van der Waals surface area contributed by atoms with Gasteiger partial charge >= 0.3 is 12.2 Å². The second-order valence-corrected chi connectivity index (χ2v) is 12.3. The van der Waals surface area contributed by atoms with E-state index >= 15 is 0 Å². The Kier molecular flexibility index (Phi) is 8.99. The van der Waals surface area contributed by atoms with E-state index in [1.165, 1.54) is 6.42 Å². The van der Waals surface area contributed by atoms with Crippen molar-refractivity contribution in [2.45, 2.75) is 95.9 Å². The largest absolute Gasteiger partial charge is 0.444 e. The van der Waals surface area contributed by atoms with Crippen molar-refractivity contribution in [2.24, 2.45) is 0 Å². The number of piperidine rings is 1. The van der Waals surface area contributed by atoms with Gasteiger partial charge < -0.3 is 19.7 Å². The SMILES string of the molecule is CC(C)(C)OC(=O)N1CCCC[C@H]1[C@@H](OC(=O)Nc1ccc2[nH]ncc2c1)c1cccc(C(=O)NC2CCCCC2)c1. The number of amides is 3. The number of fused-ring (bicyclic) bond motifs is 1. The third kappa shape index (κ3) is 7.40. The Morgan fingerprint density at radius 1 is 1.00 bits per heavy atom. The van der Waals surface area contributed by atoms with E-state index < -0.39 is 29.9 Å². The van der Waals surface area contributed by atoms with Crippen LogP contribution in [0.25, 0.3) is 10.9 Å². The number of likely N-dealkylation sites (tertiary alicyclic amines) is 1. The highest BCUT2D eigenvalue weighted by Gasteiger charge is 2.38. The van der Waals surface area contributed by atoms with Gasteiger partial charge in [0.2, 0.25) is 0 Å². The highest BCUT2D eigenvalue weighted by atomic mass is 16.6. The van der Waals surface area contributed by atoms with Crippen LogP contribution < -0.4 is 10.6 Å². The van der Waals surface area contributed by atoms with E-state index in [-0.39, 0.29) is 11.9 Å². The monoisotopic (exact) mass is 575 g/mol. The average Bonchev–Trinajstić information content (AvgIpc) is 3.44. The summed E-state index contributed by atoms with van der Waals surface area (Å²) in [6.45, 7) is 5.98. The molecule has 3 amide bonds. The summed E-state index contributed by atoms with van der Waals surface area (Å²) in [5.41, 5.74) is 1.88. The molecule has 10 nitrogen and oxygen atoms in total. The smallest absolute Gasteiger partial charge is 0.412 e. The normalized spacial score (nSPS) is 18.7. The summed E-state index contributed by atoms with van der Waals surface area (Å²) in [5.74, 6) is -0.145. The number of rotatable bonds is 6. The molecule has 1 saturated carbocycles. The number of carbonyl (C=O) groups is 3. The zero-order chi connectivity index (χ0) is 29.7. The van der Waals surface area contributed by atoms with E-state index in [0.29, 0.717) is 29.8 Å². The lowest BCUT2D eigenvalue weighted by molar-refractivity contribution is -0.0199. The lowest BCUT2D eigenvalue weighted by Crippen LogP contribution is -2.49. The molecule has 42 heavy (non-hydrogen) atoms. The first-order chi connectivity index (χ1) is 20.2. The highest BCUT2D eigenvalue weighted by Crippen LogP contribution is 2.34. The van der Waals surface area contributed by atoms with Crippen molar-refractivity contribution in [3.63, 3.8) is 0 Å². The Bertz CT molecular complexity index is 1410. The predicted molar refractivity (Wildman–Crippen MR) is 160 cm³/mol. The van der Waals surface area contributed by atoms with Crippen molar-refractivity contribution >= 4 is 34.7 Å². The van der Waals surface area contributed by atoms with E-state index in [2.05, 4.69) is 20.8 Å². The molecule has 3 aromatic rings. The summed E-state index contributed by atoms with van der Waals surface area (Å²) in [6, 6.07) is 12.3. The number of hydrogen-bond donors (Lipinski definition) is 3. The molecule has 0 radical (unpaired) electrons. The predicted octanol–water partition coefficient (Wildman–Crippen LogP) is 6.70. The van der Waals surface area contributed by atoms with Crippen LogP contribution in [-0.4, -0.2) is 57.4 Å². The first-order valence-electron chi connectivity index (χ1n) is 15.0. The summed E-state index contributed by atoms with van der Waals surface area (Å²) in [4.78, 5) is 41.5. The maximum Gasteiger partial charge on any atom is 0.412 e. The van der Waals surface area contributed by atoms with Crippen molar-refractivity contribution in [1.29, 1.82) is 0 Å². The molecule has 224 valence electrons. The number of benzene rings is 2. The third-order valence-electron chi connectivity index (χ3n) is 7.87. The summed E-state index contributed by atoms with van der Waals surface area (Å²) >= 11 is 0. The first kappa shape index (κ1) is 29.4. The van der Waals surface area contributed by atoms with Crippen LogP contribution in [0.2, 0.25) is 0 Å². The van der Waals surface area contributed by atoms with Gasteiger partial charge in [0.05, 0.1) is 17.8 Å². The first-order valence-corrected chi connectivity index (χ1v) is 15.0. The van der Waals surface area contributed by atoms with Crippen molar-refractivity contribution in [3.05, 3.63) is 59.8 Å². The number of hydrogen-bond acceptors (Lipinski definition) is 6. The molecule has 5 rings (SSSR count). The molecule has 1 aromatic heterocycles.